The molecule has 2 aliphatic heterocycles. The normalized spacial score (nSPS) is 21.6. The molecule has 0 N–H and O–H groups in total. The number of likely N-dealkylation sites (tertiary alicyclic amines) is 1. The van der Waals surface area contributed by atoms with E-state index in [1.54, 1.807) is 48.5 Å². The Bertz CT molecular complexity index is 982. The minimum Gasteiger partial charge on any atom is -0.487 e. The lowest BCUT2D eigenvalue weighted by Crippen LogP contribution is -2.42. The van der Waals surface area contributed by atoms with Gasteiger partial charge in [0.05, 0.1) is 15.8 Å². The number of nitrogens with zero attached hydrogens (tertiary/aromatic N) is 1. The largest absolute Gasteiger partial charge is 0.487 e. The molecule has 6 heteroatoms. The maximum absolute atomic E-state index is 13.0. The van der Waals surface area contributed by atoms with Crippen molar-refractivity contribution < 1.29 is 17.9 Å². The van der Waals surface area contributed by atoms with Crippen LogP contribution < -0.4 is 4.74 Å². The molecule has 4 rings (SSSR count). The first-order valence-electron chi connectivity index (χ1n) is 9.20. The maximum atomic E-state index is 13.0. The fraction of sp³-hybridized carbons (Fsp3) is 0.381. The van der Waals surface area contributed by atoms with E-state index in [-0.39, 0.29) is 21.7 Å². The van der Waals surface area contributed by atoms with Crippen LogP contribution in [0.2, 0.25) is 0 Å². The Balaban J connectivity index is 1.81. The standard InChI is InChI=1S/C21H23NO4S/c1-21(2)14-18(22-12-6-9-20(22)23)17-13-16(10-11-19(17)26-21)27(24,25)15-7-4-3-5-8-15/h3-5,7-8,10-11,13,18H,6,9,12,14H2,1-2H3. The number of ether oxygens (including phenoxy) is 1. The third-order valence-corrected chi connectivity index (χ3v) is 7.03. The minimum atomic E-state index is -3.62. The number of carbonyl (C=O) groups is 1. The number of benzene rings is 2. The molecule has 2 aliphatic rings. The average Bonchev–Trinajstić information content (AvgIpc) is 3.06. The number of hydrogen-bond acceptors (Lipinski definition) is 4. The molecule has 0 saturated carbocycles. The number of fused-ring (bicyclic) bond motifs is 1. The van der Waals surface area contributed by atoms with Gasteiger partial charge in [-0.15, -0.1) is 0 Å². The molecule has 1 atom stereocenters. The second-order valence-electron chi connectivity index (χ2n) is 7.79. The van der Waals surface area contributed by atoms with Gasteiger partial charge in [-0.3, -0.25) is 4.79 Å². The summed E-state index contributed by atoms with van der Waals surface area (Å²) in [6.45, 7) is 4.70. The van der Waals surface area contributed by atoms with Crippen molar-refractivity contribution in [2.45, 2.75) is 54.5 Å². The number of carbonyl (C=O) groups excluding carboxylic acids is 1. The highest BCUT2D eigenvalue weighted by Crippen LogP contribution is 2.45. The fourth-order valence-corrected chi connectivity index (χ4v) is 5.29. The predicted molar refractivity (Wildman–Crippen MR) is 101 cm³/mol. The highest BCUT2D eigenvalue weighted by molar-refractivity contribution is 7.91. The van der Waals surface area contributed by atoms with Crippen molar-refractivity contribution >= 4 is 15.7 Å². The second-order valence-corrected chi connectivity index (χ2v) is 9.74. The third-order valence-electron chi connectivity index (χ3n) is 5.26. The van der Waals surface area contributed by atoms with E-state index in [0.717, 1.165) is 12.0 Å². The fourth-order valence-electron chi connectivity index (χ4n) is 3.97. The summed E-state index contributed by atoms with van der Waals surface area (Å²) in [5.41, 5.74) is 0.363. The van der Waals surface area contributed by atoms with Crippen molar-refractivity contribution in [2.24, 2.45) is 0 Å². The quantitative estimate of drug-likeness (QED) is 0.807. The molecule has 0 aromatic heterocycles. The molecule has 0 bridgehead atoms. The van der Waals surface area contributed by atoms with Crippen LogP contribution in [-0.4, -0.2) is 31.4 Å². The summed E-state index contributed by atoms with van der Waals surface area (Å²) in [6.07, 6.45) is 2.03. The van der Waals surface area contributed by atoms with E-state index in [2.05, 4.69) is 0 Å². The molecule has 5 nitrogen and oxygen atoms in total. The Labute approximate surface area is 159 Å². The molecule has 2 aromatic carbocycles. The lowest BCUT2D eigenvalue weighted by atomic mass is 9.89. The van der Waals surface area contributed by atoms with E-state index >= 15 is 0 Å². The zero-order valence-corrected chi connectivity index (χ0v) is 16.3. The molecule has 0 aliphatic carbocycles. The van der Waals surface area contributed by atoms with E-state index in [9.17, 15) is 13.2 Å². The van der Waals surface area contributed by atoms with E-state index in [4.69, 9.17) is 4.74 Å². The van der Waals surface area contributed by atoms with Gasteiger partial charge in [-0.2, -0.15) is 0 Å². The summed E-state index contributed by atoms with van der Waals surface area (Å²) >= 11 is 0. The van der Waals surface area contributed by atoms with Crippen LogP contribution in [0.4, 0.5) is 0 Å². The molecule has 1 amide bonds. The van der Waals surface area contributed by atoms with Crippen molar-refractivity contribution in [1.29, 1.82) is 0 Å². The molecule has 2 heterocycles. The Kier molecular flexibility index (Phi) is 4.26. The molecule has 0 spiro atoms. The molecule has 1 fully saturated rings. The van der Waals surface area contributed by atoms with Crippen LogP contribution in [0.5, 0.6) is 5.75 Å². The van der Waals surface area contributed by atoms with Crippen molar-refractivity contribution in [3.63, 3.8) is 0 Å². The molecule has 27 heavy (non-hydrogen) atoms. The SMILES string of the molecule is CC1(C)CC(N2CCCC2=O)c2cc(S(=O)(=O)c3ccccc3)ccc2O1. The summed E-state index contributed by atoms with van der Waals surface area (Å²) in [4.78, 5) is 14.7. The highest BCUT2D eigenvalue weighted by atomic mass is 32.2. The Morgan fingerprint density at radius 2 is 1.81 bits per heavy atom. The zero-order chi connectivity index (χ0) is 19.2. The van der Waals surface area contributed by atoms with Crippen LogP contribution >= 0.6 is 0 Å². The first kappa shape index (κ1) is 18.0. The van der Waals surface area contributed by atoms with Gasteiger partial charge in [0, 0.05) is 24.9 Å². The first-order chi connectivity index (χ1) is 12.8. The monoisotopic (exact) mass is 385 g/mol. The molecule has 1 unspecified atom stereocenters. The molecule has 2 aromatic rings. The number of hydrogen-bond donors (Lipinski definition) is 0. The van der Waals surface area contributed by atoms with Gasteiger partial charge >= 0.3 is 0 Å². The van der Waals surface area contributed by atoms with Gasteiger partial charge in [-0.25, -0.2) is 8.42 Å². The van der Waals surface area contributed by atoms with Gasteiger partial charge in [-0.05, 0) is 50.6 Å². The lowest BCUT2D eigenvalue weighted by Gasteiger charge is -2.41. The third kappa shape index (κ3) is 3.23. The van der Waals surface area contributed by atoms with Gasteiger partial charge in [0.15, 0.2) is 0 Å². The van der Waals surface area contributed by atoms with Crippen molar-refractivity contribution in [1.82, 2.24) is 4.90 Å². The van der Waals surface area contributed by atoms with E-state index < -0.39 is 15.4 Å². The summed E-state index contributed by atoms with van der Waals surface area (Å²) in [5.74, 6) is 0.780. The molecule has 142 valence electrons. The van der Waals surface area contributed by atoms with Gasteiger partial charge < -0.3 is 9.64 Å². The molecular formula is C21H23NO4S. The summed E-state index contributed by atoms with van der Waals surface area (Å²) in [6, 6.07) is 13.2. The first-order valence-corrected chi connectivity index (χ1v) is 10.7. The second kappa shape index (κ2) is 6.37. The van der Waals surface area contributed by atoms with Crippen LogP contribution in [0.1, 0.15) is 44.7 Å². The van der Waals surface area contributed by atoms with Crippen LogP contribution in [-0.2, 0) is 14.6 Å². The minimum absolute atomic E-state index is 0.125. The van der Waals surface area contributed by atoms with Crippen LogP contribution in [0.25, 0.3) is 0 Å². The van der Waals surface area contributed by atoms with Gasteiger partial charge in [-0.1, -0.05) is 18.2 Å². The van der Waals surface area contributed by atoms with Crippen molar-refractivity contribution in [3.8, 4) is 5.75 Å². The topological polar surface area (TPSA) is 63.7 Å². The smallest absolute Gasteiger partial charge is 0.223 e. The molecular weight excluding hydrogens is 362 g/mol. The number of rotatable bonds is 3. The van der Waals surface area contributed by atoms with E-state index in [1.165, 1.54) is 0 Å². The maximum Gasteiger partial charge on any atom is 0.223 e. The van der Waals surface area contributed by atoms with Crippen LogP contribution in [0.3, 0.4) is 0 Å². The summed E-state index contributed by atoms with van der Waals surface area (Å²) in [7, 11) is -3.62. The van der Waals surface area contributed by atoms with Crippen LogP contribution in [0.15, 0.2) is 58.3 Å². The van der Waals surface area contributed by atoms with Crippen LogP contribution in [0, 0.1) is 0 Å². The number of sulfone groups is 1. The molecule has 1 saturated heterocycles. The van der Waals surface area contributed by atoms with Gasteiger partial charge in [0.25, 0.3) is 0 Å². The van der Waals surface area contributed by atoms with E-state index in [1.807, 2.05) is 18.7 Å². The molecule has 0 radical (unpaired) electrons. The summed E-state index contributed by atoms with van der Waals surface area (Å²) < 4.78 is 32.1. The summed E-state index contributed by atoms with van der Waals surface area (Å²) in [5, 5.41) is 0. The lowest BCUT2D eigenvalue weighted by molar-refractivity contribution is -0.131. The Morgan fingerprint density at radius 1 is 1.07 bits per heavy atom. The van der Waals surface area contributed by atoms with Crippen molar-refractivity contribution in [3.05, 3.63) is 54.1 Å². The highest BCUT2D eigenvalue weighted by Gasteiger charge is 2.40. The van der Waals surface area contributed by atoms with Crippen molar-refractivity contribution in [2.75, 3.05) is 6.54 Å². The zero-order valence-electron chi connectivity index (χ0n) is 15.5. The average molecular weight is 385 g/mol. The van der Waals surface area contributed by atoms with Gasteiger partial charge in [0.2, 0.25) is 15.7 Å². The Hall–Kier alpha value is -2.34. The van der Waals surface area contributed by atoms with E-state index in [0.29, 0.717) is 25.1 Å². The predicted octanol–water partition coefficient (Wildman–Crippen LogP) is 3.74. The Morgan fingerprint density at radius 3 is 2.48 bits per heavy atom. The number of amides is 1. The van der Waals surface area contributed by atoms with Gasteiger partial charge in [0.1, 0.15) is 11.4 Å².